The Labute approximate surface area is 173 Å². The lowest BCUT2D eigenvalue weighted by Gasteiger charge is -2.21. The van der Waals surface area contributed by atoms with Crippen LogP contribution in [-0.2, 0) is 16.6 Å². The lowest BCUT2D eigenvalue weighted by atomic mass is 10.2. The first-order valence-electron chi connectivity index (χ1n) is 9.29. The molecular formula is C21H20FN5O2S. The maximum atomic E-state index is 13.7. The van der Waals surface area contributed by atoms with Crippen molar-refractivity contribution in [2.75, 3.05) is 4.31 Å². The van der Waals surface area contributed by atoms with Gasteiger partial charge in [-0.15, -0.1) is 5.10 Å². The smallest absolute Gasteiger partial charge is 0.228 e. The predicted octanol–water partition coefficient (Wildman–Crippen LogP) is 3.58. The summed E-state index contributed by atoms with van der Waals surface area (Å²) in [5.74, 6) is -0.178. The fourth-order valence-electron chi connectivity index (χ4n) is 3.16. The number of aryl methyl sites for hydroxylation is 3. The number of halogens is 1. The molecule has 0 aliphatic heterocycles. The van der Waals surface area contributed by atoms with Crippen molar-refractivity contribution >= 4 is 21.7 Å². The van der Waals surface area contributed by atoms with Crippen LogP contribution in [0.15, 0.2) is 59.5 Å². The molecule has 0 atom stereocenters. The van der Waals surface area contributed by atoms with Gasteiger partial charge in [-0.3, -0.25) is 0 Å². The maximum Gasteiger partial charge on any atom is 0.267 e. The molecule has 0 bridgehead atoms. The Balaban J connectivity index is 1.87. The summed E-state index contributed by atoms with van der Waals surface area (Å²) in [5.41, 5.74) is 2.93. The fourth-order valence-corrected chi connectivity index (χ4v) is 4.51. The van der Waals surface area contributed by atoms with Gasteiger partial charge in [-0.25, -0.2) is 22.1 Å². The first kappa shape index (κ1) is 20.0. The summed E-state index contributed by atoms with van der Waals surface area (Å²) in [6.45, 7) is 5.42. The van der Waals surface area contributed by atoms with E-state index in [1.807, 2.05) is 26.8 Å². The van der Waals surface area contributed by atoms with E-state index in [0.717, 1.165) is 21.3 Å². The monoisotopic (exact) mass is 425 g/mol. The molecule has 0 radical (unpaired) electrons. The first-order valence-corrected chi connectivity index (χ1v) is 10.7. The van der Waals surface area contributed by atoms with Gasteiger partial charge in [0.05, 0.1) is 11.4 Å². The van der Waals surface area contributed by atoms with Crippen LogP contribution in [-0.4, -0.2) is 28.0 Å². The molecule has 2 aromatic heterocycles. The molecule has 4 aromatic rings. The fraction of sp³-hybridized carbons (Fsp3) is 0.190. The summed E-state index contributed by atoms with van der Waals surface area (Å²) in [6, 6.07) is 14.1. The third-order valence-corrected chi connectivity index (χ3v) is 6.39. The zero-order chi connectivity index (χ0) is 21.5. The van der Waals surface area contributed by atoms with Crippen LogP contribution in [0.3, 0.4) is 0 Å². The number of anilines is 1. The van der Waals surface area contributed by atoms with Crippen molar-refractivity contribution in [3.05, 3.63) is 82.9 Å². The van der Waals surface area contributed by atoms with Gasteiger partial charge in [-0.1, -0.05) is 29.8 Å². The Morgan fingerprint density at radius 1 is 1.00 bits per heavy atom. The molecule has 2 aromatic carbocycles. The highest BCUT2D eigenvalue weighted by Crippen LogP contribution is 2.24. The van der Waals surface area contributed by atoms with E-state index in [9.17, 15) is 12.8 Å². The predicted molar refractivity (Wildman–Crippen MR) is 111 cm³/mol. The van der Waals surface area contributed by atoms with E-state index in [1.165, 1.54) is 34.8 Å². The topological polar surface area (TPSA) is 80.5 Å². The molecule has 0 unspecified atom stereocenters. The van der Waals surface area contributed by atoms with Crippen LogP contribution in [0.2, 0.25) is 0 Å². The van der Waals surface area contributed by atoms with E-state index < -0.39 is 15.8 Å². The highest BCUT2D eigenvalue weighted by Gasteiger charge is 2.29. The number of benzene rings is 2. The van der Waals surface area contributed by atoms with Gasteiger partial charge >= 0.3 is 0 Å². The van der Waals surface area contributed by atoms with E-state index in [0.29, 0.717) is 11.3 Å². The summed E-state index contributed by atoms with van der Waals surface area (Å²) < 4.78 is 43.3. The molecule has 0 spiro atoms. The van der Waals surface area contributed by atoms with E-state index in [-0.39, 0.29) is 17.4 Å². The molecule has 7 nitrogen and oxygen atoms in total. The van der Waals surface area contributed by atoms with E-state index in [4.69, 9.17) is 0 Å². The van der Waals surface area contributed by atoms with Crippen LogP contribution in [0, 0.1) is 26.6 Å². The average molecular weight is 425 g/mol. The lowest BCUT2D eigenvalue weighted by Crippen LogP contribution is -2.31. The minimum Gasteiger partial charge on any atom is -0.228 e. The Bertz CT molecular complexity index is 1330. The standard InChI is InChI=1S/C21H20FN5O2S/c1-14-7-9-19(10-8-14)30(28,29)26(13-17-5-4-6-18(22)12-17)21-24-20-23-15(2)11-16(3)27(20)25-21/h4-12H,13H2,1-3H3. The average Bonchev–Trinajstić information content (AvgIpc) is 3.10. The molecule has 154 valence electrons. The van der Waals surface area contributed by atoms with Crippen molar-refractivity contribution in [3.63, 3.8) is 0 Å². The van der Waals surface area contributed by atoms with Gasteiger partial charge in [-0.05, 0) is 56.7 Å². The molecule has 0 aliphatic carbocycles. The highest BCUT2D eigenvalue weighted by atomic mass is 32.2. The number of hydrogen-bond acceptors (Lipinski definition) is 5. The highest BCUT2D eigenvalue weighted by molar-refractivity contribution is 7.92. The first-order chi connectivity index (χ1) is 14.2. The summed E-state index contributed by atoms with van der Waals surface area (Å²) in [6.07, 6.45) is 0. The molecule has 30 heavy (non-hydrogen) atoms. The second kappa shape index (κ2) is 7.49. The summed E-state index contributed by atoms with van der Waals surface area (Å²) in [7, 11) is -4.01. The number of aromatic nitrogens is 4. The minimum atomic E-state index is -4.01. The van der Waals surface area contributed by atoms with Gasteiger partial charge in [0.25, 0.3) is 21.7 Å². The van der Waals surface area contributed by atoms with Crippen LogP contribution < -0.4 is 4.31 Å². The summed E-state index contributed by atoms with van der Waals surface area (Å²) in [5, 5.41) is 4.38. The zero-order valence-corrected chi connectivity index (χ0v) is 17.6. The number of nitrogens with zero attached hydrogens (tertiary/aromatic N) is 5. The molecule has 0 saturated heterocycles. The van der Waals surface area contributed by atoms with Crippen molar-refractivity contribution in [2.45, 2.75) is 32.2 Å². The summed E-state index contributed by atoms with van der Waals surface area (Å²) >= 11 is 0. The van der Waals surface area contributed by atoms with E-state index in [2.05, 4.69) is 15.1 Å². The van der Waals surface area contributed by atoms with Crippen LogP contribution >= 0.6 is 0 Å². The van der Waals surface area contributed by atoms with Crippen LogP contribution in [0.4, 0.5) is 10.3 Å². The van der Waals surface area contributed by atoms with Gasteiger partial charge in [-0.2, -0.15) is 9.50 Å². The van der Waals surface area contributed by atoms with Crippen LogP contribution in [0.1, 0.15) is 22.5 Å². The van der Waals surface area contributed by atoms with Crippen molar-refractivity contribution in [1.29, 1.82) is 0 Å². The molecule has 0 N–H and O–H groups in total. The van der Waals surface area contributed by atoms with Crippen molar-refractivity contribution in [1.82, 2.24) is 19.6 Å². The number of fused-ring (bicyclic) bond motifs is 1. The van der Waals surface area contributed by atoms with Crippen LogP contribution in [0.5, 0.6) is 0 Å². The Hall–Kier alpha value is -3.33. The number of rotatable bonds is 5. The quantitative estimate of drug-likeness (QED) is 0.488. The molecular weight excluding hydrogens is 405 g/mol. The van der Waals surface area contributed by atoms with E-state index in [1.54, 1.807) is 18.2 Å². The van der Waals surface area contributed by atoms with Gasteiger partial charge < -0.3 is 0 Å². The molecule has 2 heterocycles. The number of sulfonamides is 1. The molecule has 0 aliphatic rings. The molecule has 9 heteroatoms. The Morgan fingerprint density at radius 3 is 2.43 bits per heavy atom. The lowest BCUT2D eigenvalue weighted by molar-refractivity contribution is 0.588. The number of hydrogen-bond donors (Lipinski definition) is 0. The largest absolute Gasteiger partial charge is 0.267 e. The second-order valence-corrected chi connectivity index (χ2v) is 8.98. The van der Waals surface area contributed by atoms with Crippen molar-refractivity contribution < 1.29 is 12.8 Å². The Morgan fingerprint density at radius 2 is 1.73 bits per heavy atom. The Kier molecular flexibility index (Phi) is 4.98. The molecule has 0 fully saturated rings. The third kappa shape index (κ3) is 3.76. The van der Waals surface area contributed by atoms with Crippen molar-refractivity contribution in [2.24, 2.45) is 0 Å². The SMILES string of the molecule is Cc1ccc(S(=O)(=O)N(Cc2cccc(F)c2)c2nc3nc(C)cc(C)n3n2)cc1. The van der Waals surface area contributed by atoms with Gasteiger partial charge in [0.15, 0.2) is 0 Å². The zero-order valence-electron chi connectivity index (χ0n) is 16.7. The maximum absolute atomic E-state index is 13.7. The molecule has 4 rings (SSSR count). The van der Waals surface area contributed by atoms with Crippen molar-refractivity contribution in [3.8, 4) is 0 Å². The second-order valence-electron chi connectivity index (χ2n) is 7.12. The molecule has 0 saturated carbocycles. The minimum absolute atomic E-state index is 0.0268. The summed E-state index contributed by atoms with van der Waals surface area (Å²) in [4.78, 5) is 8.79. The van der Waals surface area contributed by atoms with Gasteiger partial charge in [0, 0.05) is 11.4 Å². The molecule has 0 amide bonds. The van der Waals surface area contributed by atoms with Gasteiger partial charge in [0.1, 0.15) is 5.82 Å². The third-order valence-electron chi connectivity index (χ3n) is 4.65. The van der Waals surface area contributed by atoms with E-state index >= 15 is 0 Å². The van der Waals surface area contributed by atoms with Gasteiger partial charge in [0.2, 0.25) is 0 Å². The van der Waals surface area contributed by atoms with Crippen LogP contribution in [0.25, 0.3) is 5.78 Å². The normalized spacial score (nSPS) is 11.7.